The molecule has 0 saturated carbocycles. The molecule has 0 spiro atoms. The average molecular weight is 1470 g/mol. The maximum atomic E-state index is 11.7. The van der Waals surface area contributed by atoms with Gasteiger partial charge in [0, 0.05) is 77.0 Å². The van der Waals surface area contributed by atoms with Crippen molar-refractivity contribution in [3.05, 3.63) is 302 Å². The Morgan fingerprint density at radius 2 is 0.989 bits per heavy atom. The number of aliphatic hydroxyl groups excluding tert-OH is 1. The molecule has 5 aromatic heterocycles. The number of carbonyl (C=O) groups excluding carboxylic acids is 2. The van der Waals surface area contributed by atoms with E-state index < -0.39 is 33.7 Å². The minimum absolute atomic E-state index is 0. The van der Waals surface area contributed by atoms with Gasteiger partial charge in [-0.05, 0) is 134 Å². The zero-order chi connectivity index (χ0) is 63.7. The number of alkyl halides is 1. The SMILES string of the molecule is CC(C)(c1cccc(Cl)c1)c1coc(C=O)c1.CC(C)(c1ccoc1)c1cccc(Cl)c1.CC(O)(c1ccoc1)c1cccc(Cl)c1.CCOCC.O=C(c1ccoc1)c1cccc(Cl)c1.OC(c1ccoc1)c1cccc(Cl)c1.[2H]CF.[CH3-].[I-].[Mg+2].[O]=[Mn]=[O]. The number of aldehydes is 1. The molecule has 0 fully saturated rings. The molecule has 0 amide bonds. The van der Waals surface area contributed by atoms with Crippen LogP contribution in [0.5, 0.6) is 0 Å². The van der Waals surface area contributed by atoms with Gasteiger partial charge in [-0.3, -0.25) is 14.0 Å². The Labute approximate surface area is 580 Å². The molecule has 0 aliphatic heterocycles. The van der Waals surface area contributed by atoms with Crippen molar-refractivity contribution in [2.75, 3.05) is 20.4 Å². The van der Waals surface area contributed by atoms with E-state index in [9.17, 15) is 24.2 Å². The van der Waals surface area contributed by atoms with E-state index in [0.717, 1.165) is 51.6 Å². The van der Waals surface area contributed by atoms with Crippen LogP contribution in [0.25, 0.3) is 0 Å². The molecule has 0 aliphatic rings. The Hall–Kier alpha value is -5.28. The second-order valence-corrected chi connectivity index (χ2v) is 21.3. The molecule has 10 aromatic rings. The summed E-state index contributed by atoms with van der Waals surface area (Å²) in [5, 5.41) is 23.5. The van der Waals surface area contributed by atoms with Crippen LogP contribution in [-0.4, -0.2) is 65.7 Å². The number of ketones is 1. The Morgan fingerprint density at radius 3 is 1.40 bits per heavy atom. The summed E-state index contributed by atoms with van der Waals surface area (Å²) in [5.41, 5.74) is 7.07. The van der Waals surface area contributed by atoms with Gasteiger partial charge in [0.05, 0.1) is 64.2 Å². The van der Waals surface area contributed by atoms with Crippen LogP contribution >= 0.6 is 58.0 Å². The van der Waals surface area contributed by atoms with E-state index in [4.69, 9.17) is 93.9 Å². The summed E-state index contributed by atoms with van der Waals surface area (Å²) >= 11 is 28.0. The molecular formula is C67H69Cl5FIMgMnO12. The van der Waals surface area contributed by atoms with Crippen LogP contribution in [0.4, 0.5) is 4.39 Å². The summed E-state index contributed by atoms with van der Waals surface area (Å²) in [7, 11) is -1.00. The van der Waals surface area contributed by atoms with Crippen LogP contribution in [0.2, 0.25) is 25.1 Å². The number of benzene rings is 5. The number of rotatable bonds is 13. The molecule has 2 unspecified atom stereocenters. The van der Waals surface area contributed by atoms with Crippen molar-refractivity contribution in [2.45, 2.75) is 71.0 Å². The fraction of sp³-hybridized carbons (Fsp3) is 0.209. The molecule has 10 rings (SSSR count). The van der Waals surface area contributed by atoms with E-state index in [1.54, 1.807) is 105 Å². The minimum atomic E-state index is -1.44. The van der Waals surface area contributed by atoms with Gasteiger partial charge in [0.15, 0.2) is 17.8 Å². The van der Waals surface area contributed by atoms with Gasteiger partial charge in [0.25, 0.3) is 0 Å². The molecule has 21 heteroatoms. The molecule has 2 N–H and O–H groups in total. The van der Waals surface area contributed by atoms with Crippen molar-refractivity contribution in [1.29, 1.82) is 0 Å². The predicted octanol–water partition coefficient (Wildman–Crippen LogP) is 16.2. The Bertz CT molecular complexity index is 3450. The topological polar surface area (TPSA) is 184 Å². The number of carbonyl (C=O) groups is 2. The summed E-state index contributed by atoms with van der Waals surface area (Å²) in [4.78, 5) is 22.4. The van der Waals surface area contributed by atoms with Gasteiger partial charge in [0.2, 0.25) is 0 Å². The van der Waals surface area contributed by atoms with Gasteiger partial charge >= 0.3 is 45.5 Å². The Morgan fingerprint density at radius 1 is 0.568 bits per heavy atom. The van der Waals surface area contributed by atoms with Crippen LogP contribution in [0.3, 0.4) is 0 Å². The van der Waals surface area contributed by atoms with Gasteiger partial charge in [-0.2, -0.15) is 0 Å². The second-order valence-electron chi connectivity index (χ2n) is 18.9. The number of hydrogen-bond donors (Lipinski definition) is 2. The molecule has 12 nitrogen and oxygen atoms in total. The number of aliphatic hydroxyl groups is 2. The number of ether oxygens (including phenoxy) is 1. The van der Waals surface area contributed by atoms with Crippen molar-refractivity contribution >= 4 is 93.1 Å². The van der Waals surface area contributed by atoms with Crippen molar-refractivity contribution in [1.82, 2.24) is 0 Å². The summed E-state index contributed by atoms with van der Waals surface area (Å²) in [6, 6.07) is 45.6. The van der Waals surface area contributed by atoms with E-state index >= 15 is 0 Å². The normalized spacial score (nSPS) is 11.2. The van der Waals surface area contributed by atoms with Gasteiger partial charge < -0.3 is 68.4 Å². The number of furan rings is 5. The Balaban J connectivity index is 0.00000104. The number of hydrogen-bond acceptors (Lipinski definition) is 12. The third kappa shape index (κ3) is 27.0. The molecule has 0 bridgehead atoms. The van der Waals surface area contributed by atoms with Crippen molar-refractivity contribution in [2.24, 2.45) is 0 Å². The first-order valence-electron chi connectivity index (χ1n) is 26.4. The molecular weight excluding hydrogens is 1400 g/mol. The molecule has 88 heavy (non-hydrogen) atoms. The van der Waals surface area contributed by atoms with Crippen LogP contribution in [0, 0.1) is 7.43 Å². The standard InChI is InChI=1S/C14H13ClO2.C13H13ClO.C12H11ClO2.C11H9ClO2.C11H7ClO2.C4H10O.CH3F.CH3.HI.Mg.Mn.2O/c1-14(2,10-4-3-5-12(15)6-10)11-7-13(8-16)17-9-11;1-13(2,11-6-7-15-9-11)10-4-3-5-12(14)8-10;1-12(14,10-5-6-15-8-10)9-3-2-4-11(13)7-9;2*12-10-3-1-2-8(6-10)11(13)9-4-5-14-7-9;1-3-5-4-2;1-2;;;;;;/h3-9H,1-2H3;3-9H,1-2H3;2-8,14H,1H3;1-7,11,13H;1-7H;3-4H2,1-2H3;1H3;1H3;1H;;;;/q;;;;;;;-1;;+2;;;/p-1/i;;;;;;1D;;;;;;. The van der Waals surface area contributed by atoms with E-state index in [-0.39, 0.29) is 71.1 Å². The molecule has 467 valence electrons. The van der Waals surface area contributed by atoms with E-state index in [0.29, 0.717) is 48.8 Å². The van der Waals surface area contributed by atoms with Crippen molar-refractivity contribution in [3.8, 4) is 0 Å². The Kier molecular flexibility index (Phi) is 39.8. The first kappa shape index (κ1) is 80.7. The van der Waals surface area contributed by atoms with E-state index in [1.165, 1.54) is 43.1 Å². The molecule has 5 heterocycles. The second kappa shape index (κ2) is 43.4. The van der Waals surface area contributed by atoms with Crippen LogP contribution in [-0.2, 0) is 43.7 Å². The quantitative estimate of drug-likeness (QED) is 0.0367. The first-order chi connectivity index (χ1) is 41.0. The molecule has 0 saturated heterocycles. The monoisotopic (exact) mass is 1470 g/mol. The zero-order valence-electron chi connectivity index (χ0n) is 50.6. The maximum absolute atomic E-state index is 11.7. The molecule has 0 aliphatic carbocycles. The van der Waals surface area contributed by atoms with Gasteiger partial charge in [-0.1, -0.05) is 146 Å². The molecule has 5 aromatic carbocycles. The van der Waals surface area contributed by atoms with E-state index in [2.05, 4.69) is 33.8 Å². The van der Waals surface area contributed by atoms with Gasteiger partial charge in [0.1, 0.15) is 18.0 Å². The fourth-order valence-electron chi connectivity index (χ4n) is 7.64. The van der Waals surface area contributed by atoms with Crippen LogP contribution in [0.15, 0.2) is 230 Å². The first-order valence-corrected chi connectivity index (χ1v) is 28.6. The van der Waals surface area contributed by atoms with Crippen LogP contribution < -0.4 is 24.0 Å². The van der Waals surface area contributed by atoms with Gasteiger partial charge in [-0.25, -0.2) is 0 Å². The van der Waals surface area contributed by atoms with Crippen LogP contribution in [0.1, 0.15) is 127 Å². The molecule has 0 radical (unpaired) electrons. The van der Waals surface area contributed by atoms with Crippen molar-refractivity contribution < 1.29 is 98.9 Å². The van der Waals surface area contributed by atoms with Crippen molar-refractivity contribution in [3.63, 3.8) is 0 Å². The summed E-state index contributed by atoms with van der Waals surface area (Å²) in [5.74, 6) is 0.261. The predicted molar refractivity (Wildman–Crippen MR) is 339 cm³/mol. The third-order valence-corrected chi connectivity index (χ3v) is 13.7. The third-order valence-electron chi connectivity index (χ3n) is 12.6. The van der Waals surface area contributed by atoms with Gasteiger partial charge in [-0.15, -0.1) is 0 Å². The summed E-state index contributed by atoms with van der Waals surface area (Å²) < 4.78 is 62.1. The van der Waals surface area contributed by atoms with E-state index in [1.807, 2.05) is 80.6 Å². The summed E-state index contributed by atoms with van der Waals surface area (Å²) in [6.07, 6.45) is 14.1. The summed E-state index contributed by atoms with van der Waals surface area (Å²) in [6.45, 7) is 15.8. The molecule has 2 atom stereocenters. The average Bonchev–Trinajstić information content (AvgIpc) is 3.79. The number of halogens is 7. The zero-order valence-corrected chi connectivity index (χ0v) is 58.1. The fourth-order valence-corrected chi connectivity index (χ4v) is 8.60.